The van der Waals surface area contributed by atoms with E-state index in [0.29, 0.717) is 5.56 Å². The molecule has 3 rings (SSSR count). The van der Waals surface area contributed by atoms with E-state index in [0.717, 1.165) is 27.8 Å². The predicted molar refractivity (Wildman–Crippen MR) is 150 cm³/mol. The fraction of sp³-hybridized carbons (Fsp3) is 0.357. The smallest absolute Gasteiger partial charge is 0.339 e. The highest BCUT2D eigenvalue weighted by Gasteiger charge is 2.36. The molecule has 1 saturated heterocycles. The quantitative estimate of drug-likeness (QED) is 0.336. The molecule has 1 heterocycles. The van der Waals surface area contributed by atoms with Gasteiger partial charge in [0.05, 0.1) is 22.6 Å². The standard InChI is InChI=1S/C28H31ClN2O6S/c1-27(2,3)18-10-15(11-19(23(18)33)28(4,5)6)12-21-24(34)31(26(36)38-21)14-22(32)30-16-8-9-20(29)17(13-16)25(35)37-7/h8-13,33H,14H2,1-7H3,(H,30,32)/b21-12-. The molecule has 0 aliphatic carbocycles. The Hall–Kier alpha value is -3.30. The number of benzene rings is 2. The Kier molecular flexibility index (Phi) is 8.33. The number of halogens is 1. The lowest BCUT2D eigenvalue weighted by Crippen LogP contribution is -2.36. The Morgan fingerprint density at radius 2 is 1.63 bits per heavy atom. The van der Waals surface area contributed by atoms with E-state index in [1.54, 1.807) is 6.08 Å². The number of ether oxygens (including phenoxy) is 1. The van der Waals surface area contributed by atoms with Crippen LogP contribution in [0.2, 0.25) is 5.02 Å². The number of imide groups is 1. The molecule has 3 amide bonds. The van der Waals surface area contributed by atoms with E-state index in [1.807, 2.05) is 53.7 Å². The van der Waals surface area contributed by atoms with Crippen LogP contribution < -0.4 is 5.32 Å². The second-order valence-corrected chi connectivity index (χ2v) is 12.4. The minimum atomic E-state index is -0.666. The molecular weight excluding hydrogens is 528 g/mol. The summed E-state index contributed by atoms with van der Waals surface area (Å²) in [4.78, 5) is 51.2. The third kappa shape index (κ3) is 6.39. The maximum Gasteiger partial charge on any atom is 0.339 e. The van der Waals surface area contributed by atoms with Crippen LogP contribution in [0.4, 0.5) is 10.5 Å². The summed E-state index contributed by atoms with van der Waals surface area (Å²) in [6.07, 6.45) is 1.61. The van der Waals surface area contributed by atoms with Crippen LogP contribution in [0.3, 0.4) is 0 Å². The van der Waals surface area contributed by atoms with E-state index < -0.39 is 29.6 Å². The summed E-state index contributed by atoms with van der Waals surface area (Å²) in [6.45, 7) is 11.4. The molecule has 0 radical (unpaired) electrons. The number of thioether (sulfide) groups is 1. The zero-order chi connectivity index (χ0) is 28.6. The molecule has 2 aromatic carbocycles. The number of nitrogens with zero attached hydrogens (tertiary/aromatic N) is 1. The van der Waals surface area contributed by atoms with Crippen LogP contribution in [0, 0.1) is 0 Å². The monoisotopic (exact) mass is 558 g/mol. The fourth-order valence-corrected chi connectivity index (χ4v) is 4.92. The molecule has 202 valence electrons. The molecule has 0 atom stereocenters. The van der Waals surface area contributed by atoms with Gasteiger partial charge in [-0.3, -0.25) is 19.3 Å². The molecular formula is C28H31ClN2O6S. The highest BCUT2D eigenvalue weighted by atomic mass is 35.5. The van der Waals surface area contributed by atoms with Gasteiger partial charge in [-0.1, -0.05) is 53.1 Å². The normalized spacial score (nSPS) is 15.3. The number of anilines is 1. The summed E-state index contributed by atoms with van der Waals surface area (Å²) in [6, 6.07) is 7.89. The average molecular weight is 559 g/mol. The number of rotatable bonds is 5. The molecule has 0 saturated carbocycles. The molecule has 0 unspecified atom stereocenters. The highest BCUT2D eigenvalue weighted by Crippen LogP contribution is 2.41. The van der Waals surface area contributed by atoms with Crippen LogP contribution in [0.5, 0.6) is 5.75 Å². The van der Waals surface area contributed by atoms with Crippen LogP contribution in [0.15, 0.2) is 35.2 Å². The maximum absolute atomic E-state index is 13.1. The van der Waals surface area contributed by atoms with Crippen molar-refractivity contribution in [2.24, 2.45) is 0 Å². The molecule has 2 N–H and O–H groups in total. The van der Waals surface area contributed by atoms with Gasteiger partial charge in [-0.15, -0.1) is 0 Å². The molecule has 1 aliphatic heterocycles. The molecule has 2 aromatic rings. The van der Waals surface area contributed by atoms with Gasteiger partial charge in [0.25, 0.3) is 11.1 Å². The number of carbonyl (C=O) groups is 4. The van der Waals surface area contributed by atoms with Crippen molar-refractivity contribution < 1.29 is 29.0 Å². The second-order valence-electron chi connectivity index (χ2n) is 11.0. The highest BCUT2D eigenvalue weighted by molar-refractivity contribution is 8.18. The van der Waals surface area contributed by atoms with Crippen molar-refractivity contribution >= 4 is 58.1 Å². The summed E-state index contributed by atoms with van der Waals surface area (Å²) in [7, 11) is 1.21. The molecule has 0 bridgehead atoms. The van der Waals surface area contributed by atoms with Crippen LogP contribution in [0.1, 0.15) is 68.6 Å². The number of carbonyl (C=O) groups excluding carboxylic acids is 4. The van der Waals surface area contributed by atoms with Gasteiger partial charge >= 0.3 is 5.97 Å². The van der Waals surface area contributed by atoms with Gasteiger partial charge in [-0.2, -0.15) is 0 Å². The summed E-state index contributed by atoms with van der Waals surface area (Å²) in [5, 5.41) is 13.1. The summed E-state index contributed by atoms with van der Waals surface area (Å²) < 4.78 is 4.68. The number of esters is 1. The second kappa shape index (κ2) is 10.8. The van der Waals surface area contributed by atoms with Crippen molar-refractivity contribution in [2.45, 2.75) is 52.4 Å². The van der Waals surface area contributed by atoms with E-state index in [1.165, 1.54) is 25.3 Å². The van der Waals surface area contributed by atoms with Crippen LogP contribution >= 0.6 is 23.4 Å². The molecule has 1 fully saturated rings. The van der Waals surface area contributed by atoms with E-state index in [4.69, 9.17) is 11.6 Å². The van der Waals surface area contributed by atoms with Gasteiger partial charge in [0, 0.05) is 16.8 Å². The Bertz CT molecular complexity index is 1320. The third-order valence-corrected chi connectivity index (χ3v) is 7.11. The van der Waals surface area contributed by atoms with Crippen LogP contribution in [-0.4, -0.2) is 46.7 Å². The Balaban J connectivity index is 1.85. The lowest BCUT2D eigenvalue weighted by Gasteiger charge is -2.28. The van der Waals surface area contributed by atoms with Gasteiger partial charge < -0.3 is 15.2 Å². The number of phenols is 1. The number of methoxy groups -OCH3 is 1. The molecule has 10 heteroatoms. The van der Waals surface area contributed by atoms with Crippen LogP contribution in [0.25, 0.3) is 6.08 Å². The van der Waals surface area contributed by atoms with E-state index in [2.05, 4.69) is 10.1 Å². The SMILES string of the molecule is COC(=O)c1cc(NC(=O)CN2C(=O)S/C(=C\c3cc(C(C)(C)C)c(O)c(C(C)(C)C)c3)C2=O)ccc1Cl. The number of nitrogens with one attached hydrogen (secondary N) is 1. The topological polar surface area (TPSA) is 113 Å². The molecule has 0 aromatic heterocycles. The lowest BCUT2D eigenvalue weighted by atomic mass is 9.78. The lowest BCUT2D eigenvalue weighted by molar-refractivity contribution is -0.127. The molecule has 1 aliphatic rings. The van der Waals surface area contributed by atoms with E-state index >= 15 is 0 Å². The number of phenolic OH excluding ortho intramolecular Hbond substituents is 1. The summed E-state index contributed by atoms with van der Waals surface area (Å²) in [5.41, 5.74) is 1.73. The number of hydrogen-bond donors (Lipinski definition) is 2. The minimum absolute atomic E-state index is 0.0687. The first-order valence-electron chi connectivity index (χ1n) is 11.8. The third-order valence-electron chi connectivity index (χ3n) is 5.88. The van der Waals surface area contributed by atoms with Gasteiger partial charge in [0.2, 0.25) is 5.91 Å². The first-order chi connectivity index (χ1) is 17.5. The first-order valence-corrected chi connectivity index (χ1v) is 13.0. The van der Waals surface area contributed by atoms with E-state index in [-0.39, 0.29) is 37.8 Å². The average Bonchev–Trinajstić information content (AvgIpc) is 3.06. The van der Waals surface area contributed by atoms with Gasteiger partial charge in [-0.05, 0) is 64.6 Å². The maximum atomic E-state index is 13.1. The zero-order valence-electron chi connectivity index (χ0n) is 22.4. The molecule has 0 spiro atoms. The zero-order valence-corrected chi connectivity index (χ0v) is 24.0. The Labute approximate surface area is 231 Å². The van der Waals surface area contributed by atoms with Crippen molar-refractivity contribution in [3.05, 3.63) is 62.5 Å². The van der Waals surface area contributed by atoms with Crippen molar-refractivity contribution in [3.63, 3.8) is 0 Å². The van der Waals surface area contributed by atoms with Crippen molar-refractivity contribution in [1.82, 2.24) is 4.90 Å². The van der Waals surface area contributed by atoms with Crippen molar-refractivity contribution in [1.29, 1.82) is 0 Å². The van der Waals surface area contributed by atoms with E-state index in [9.17, 15) is 24.3 Å². The summed E-state index contributed by atoms with van der Waals surface area (Å²) >= 11 is 6.75. The minimum Gasteiger partial charge on any atom is -0.507 e. The first kappa shape index (κ1) is 29.3. The van der Waals surface area contributed by atoms with Gasteiger partial charge in [0.1, 0.15) is 12.3 Å². The van der Waals surface area contributed by atoms with Crippen molar-refractivity contribution in [3.8, 4) is 5.75 Å². The van der Waals surface area contributed by atoms with Crippen molar-refractivity contribution in [2.75, 3.05) is 19.0 Å². The molecule has 38 heavy (non-hydrogen) atoms. The Morgan fingerprint density at radius 3 is 2.16 bits per heavy atom. The largest absolute Gasteiger partial charge is 0.507 e. The summed E-state index contributed by atoms with van der Waals surface area (Å²) in [5.74, 6) is -1.67. The number of aromatic hydroxyl groups is 1. The van der Waals surface area contributed by atoms with Crippen LogP contribution in [-0.2, 0) is 25.2 Å². The molecule has 8 nitrogen and oxygen atoms in total. The predicted octanol–water partition coefficient (Wildman–Crippen LogP) is 6.10. The number of hydrogen-bond acceptors (Lipinski definition) is 7. The number of amides is 3. The Morgan fingerprint density at radius 1 is 1.05 bits per heavy atom. The van der Waals surface area contributed by atoms with Gasteiger partial charge in [0.15, 0.2) is 0 Å². The van der Waals surface area contributed by atoms with Gasteiger partial charge in [-0.25, -0.2) is 4.79 Å². The fourth-order valence-electron chi connectivity index (χ4n) is 3.88.